The van der Waals surface area contributed by atoms with Crippen molar-refractivity contribution in [3.8, 4) is 11.4 Å². The highest BCUT2D eigenvalue weighted by molar-refractivity contribution is 6.29. The number of hydrogen-bond acceptors (Lipinski definition) is 0. The first kappa shape index (κ1) is 10.1. The molecule has 0 N–H and O–H groups in total. The lowest BCUT2D eigenvalue weighted by molar-refractivity contribution is 1.17. The summed E-state index contributed by atoms with van der Waals surface area (Å²) < 4.78 is 226. The van der Waals surface area contributed by atoms with Gasteiger partial charge in [-0.25, -0.2) is 0 Å². The Labute approximate surface area is 288 Å². The summed E-state index contributed by atoms with van der Waals surface area (Å²) in [7, 11) is 0. The molecule has 10 rings (SSSR count). The van der Waals surface area contributed by atoms with Crippen LogP contribution in [0.1, 0.15) is 34.3 Å². The zero-order valence-corrected chi connectivity index (χ0v) is 22.0. The number of fused-ring (bicyclic) bond motifs is 13. The van der Waals surface area contributed by atoms with Crippen molar-refractivity contribution in [3.05, 3.63) is 157 Å². The van der Waals surface area contributed by atoms with Gasteiger partial charge in [0, 0.05) is 32.9 Å². The van der Waals surface area contributed by atoms with Gasteiger partial charge in [-0.1, -0.05) is 109 Å². The summed E-state index contributed by atoms with van der Waals surface area (Å²) in [6.07, 6.45) is 0. The Balaban J connectivity index is 1.56. The van der Waals surface area contributed by atoms with Crippen molar-refractivity contribution in [2.45, 2.75) is 0 Å². The fourth-order valence-electron chi connectivity index (χ4n) is 5.99. The molecule has 8 aromatic carbocycles. The average Bonchev–Trinajstić information content (AvgIpc) is 3.84. The quantitative estimate of drug-likeness (QED) is 0.179. The van der Waals surface area contributed by atoms with E-state index in [1.54, 1.807) is 0 Å². The molecule has 0 aliphatic rings. The molecule has 0 saturated carbocycles. The minimum Gasteiger partial charge on any atom is -0.309 e. The van der Waals surface area contributed by atoms with Crippen molar-refractivity contribution in [2.75, 3.05) is 0 Å². The molecule has 0 aliphatic carbocycles. The third-order valence-corrected chi connectivity index (χ3v) is 7.69. The van der Waals surface area contributed by atoms with Gasteiger partial charge in [0.15, 0.2) is 0 Å². The fourth-order valence-corrected chi connectivity index (χ4v) is 5.99. The van der Waals surface area contributed by atoms with Gasteiger partial charge in [0.1, 0.15) is 0 Å². The Hall–Kier alpha value is -5.86. The minimum absolute atomic E-state index is 0.282. The topological polar surface area (TPSA) is 9.86 Å². The van der Waals surface area contributed by atoms with Gasteiger partial charge in [0.25, 0.3) is 0 Å². The number of aromatic nitrogens is 2. The first-order valence-corrected chi connectivity index (χ1v) is 13.2. The molecular formula is C42H26N2. The highest BCUT2D eigenvalue weighted by Crippen LogP contribution is 2.43. The zero-order valence-electron chi connectivity index (χ0n) is 47.0. The van der Waals surface area contributed by atoms with Crippen LogP contribution in [0.3, 0.4) is 0 Å². The van der Waals surface area contributed by atoms with Crippen molar-refractivity contribution < 1.29 is 34.3 Å². The molecule has 0 saturated heterocycles. The Morgan fingerprint density at radius 1 is 0.318 bits per heavy atom. The number of hydrogen-bond donors (Lipinski definition) is 0. The molecule has 0 atom stereocenters. The summed E-state index contributed by atoms with van der Waals surface area (Å²) in [5.74, 6) is 0. The molecule has 0 spiro atoms. The molecule has 2 heterocycles. The molecule has 0 fully saturated rings. The molecule has 204 valence electrons. The van der Waals surface area contributed by atoms with Crippen LogP contribution in [0, 0.1) is 0 Å². The van der Waals surface area contributed by atoms with E-state index < -0.39 is 222 Å². The van der Waals surface area contributed by atoms with Crippen molar-refractivity contribution in [3.63, 3.8) is 0 Å². The molecule has 2 aromatic heterocycles. The van der Waals surface area contributed by atoms with Gasteiger partial charge in [-0.05, 0) is 80.7 Å². The van der Waals surface area contributed by atoms with Gasteiger partial charge in [-0.3, -0.25) is 0 Å². The maximum absolute atomic E-state index is 9.97. The monoisotopic (exact) mass is 583 g/mol. The Morgan fingerprint density at radius 3 is 1.39 bits per heavy atom. The second-order valence-corrected chi connectivity index (χ2v) is 9.84. The van der Waals surface area contributed by atoms with Crippen molar-refractivity contribution >= 4 is 75.9 Å². The summed E-state index contributed by atoms with van der Waals surface area (Å²) in [6, 6.07) is -19.1. The summed E-state index contributed by atoms with van der Waals surface area (Å²) in [5, 5.41) is -4.36. The van der Waals surface area contributed by atoms with Crippen LogP contribution in [0.15, 0.2) is 157 Å². The lowest BCUT2D eigenvalue weighted by Crippen LogP contribution is -1.95. The maximum atomic E-state index is 9.97. The van der Waals surface area contributed by atoms with E-state index in [1.807, 2.05) is 0 Å². The minimum atomic E-state index is -0.921. The molecule has 10 aromatic rings. The van der Waals surface area contributed by atoms with E-state index >= 15 is 0 Å². The molecule has 2 nitrogen and oxygen atoms in total. The lowest BCUT2D eigenvalue weighted by Gasteiger charge is -2.14. The SMILES string of the molecule is [2H]c1c([2H])c([2H])c(-n2c3cc([2H])c4c(c5c([2H])c([2H])c([2H])c([2H])c5n4-c4c([2H])c([2H])c5c6c([2H])c([2H])c([2H])c([2H])c6c6c([2H])c([2H])c([2H])c([2H])c6c5c4[2H])c3c3c([2H])c([2H])c([2H])c([2H])c32)c([2H])c1[2H]. The van der Waals surface area contributed by atoms with Crippen molar-refractivity contribution in [1.29, 1.82) is 0 Å². The molecular weight excluding hydrogens is 532 g/mol. The molecule has 0 unspecified atom stereocenters. The predicted molar refractivity (Wildman–Crippen MR) is 188 cm³/mol. The summed E-state index contributed by atoms with van der Waals surface area (Å²) in [6.45, 7) is 0. The molecule has 0 aliphatic heterocycles. The van der Waals surface area contributed by atoms with E-state index in [9.17, 15) is 9.60 Å². The van der Waals surface area contributed by atoms with E-state index in [-0.39, 0.29) is 16.3 Å². The molecule has 0 amide bonds. The maximum Gasteiger partial charge on any atom is 0.0652 e. The van der Waals surface area contributed by atoms with E-state index in [2.05, 4.69) is 0 Å². The van der Waals surface area contributed by atoms with E-state index in [0.29, 0.717) is 0 Å². The number of benzene rings is 8. The average molecular weight is 584 g/mol. The van der Waals surface area contributed by atoms with Crippen LogP contribution in [0.4, 0.5) is 0 Å². The lowest BCUT2D eigenvalue weighted by atomic mass is 9.94. The van der Waals surface area contributed by atoms with Crippen LogP contribution in [0.5, 0.6) is 0 Å². The number of nitrogens with zero attached hydrogens (tertiary/aromatic N) is 2. The van der Waals surface area contributed by atoms with Crippen LogP contribution >= 0.6 is 0 Å². The van der Waals surface area contributed by atoms with Crippen LogP contribution in [-0.4, -0.2) is 9.13 Å². The van der Waals surface area contributed by atoms with Crippen LogP contribution in [0.2, 0.25) is 0 Å². The van der Waals surface area contributed by atoms with E-state index in [0.717, 1.165) is 15.2 Å². The largest absolute Gasteiger partial charge is 0.309 e. The Kier molecular flexibility index (Phi) is 2.03. The van der Waals surface area contributed by atoms with Gasteiger partial charge >= 0.3 is 0 Å². The van der Waals surface area contributed by atoms with Gasteiger partial charge < -0.3 is 9.13 Å². The number of rotatable bonds is 2. The van der Waals surface area contributed by atoms with E-state index in [1.165, 1.54) is 0 Å². The normalized spacial score (nSPS) is 20.0. The molecule has 0 bridgehead atoms. The molecule has 2 heteroatoms. The van der Waals surface area contributed by atoms with Crippen LogP contribution in [-0.2, 0) is 0 Å². The first-order chi connectivity index (χ1) is 32.3. The van der Waals surface area contributed by atoms with Crippen LogP contribution < -0.4 is 0 Å². The van der Waals surface area contributed by atoms with Crippen molar-refractivity contribution in [2.24, 2.45) is 0 Å². The van der Waals surface area contributed by atoms with Crippen LogP contribution in [0.25, 0.3) is 87.3 Å². The first-order valence-electron chi connectivity index (χ1n) is 25.7. The summed E-state index contributed by atoms with van der Waals surface area (Å²) in [5.41, 5.74) is -3.06. The predicted octanol–water partition coefficient (Wildman–Crippen LogP) is 11.3. The molecule has 44 heavy (non-hydrogen) atoms. The van der Waals surface area contributed by atoms with Crippen molar-refractivity contribution in [1.82, 2.24) is 9.13 Å². The Bertz CT molecular complexity index is 4120. The highest BCUT2D eigenvalue weighted by atomic mass is 15.0. The fraction of sp³-hybridized carbons (Fsp3) is 0. The van der Waals surface area contributed by atoms with E-state index in [4.69, 9.17) is 24.7 Å². The summed E-state index contributed by atoms with van der Waals surface area (Å²) >= 11 is 0. The second kappa shape index (κ2) is 8.82. The van der Waals surface area contributed by atoms with Gasteiger partial charge in [0.2, 0.25) is 0 Å². The standard InChI is InChI=1S/C42H26N2/c1-2-12-27(13-3-1)43-37-20-10-8-18-34(37)41-39(43)24-25-40-42(41)35-19-9-11-21-38(35)44(40)28-22-23-33-31-16-5-4-14-29(31)30-15-6-7-17-32(30)36(33)26-28/h1-26H/i1D,2D,3D,4D,5D,6D,7D,8D,9D,10D,11D,12D,13D,14D,15D,16D,17D,18D,19D,20D,21D,22D,23D,25D,26D. The zero-order chi connectivity index (χ0) is 50.5. The van der Waals surface area contributed by atoms with Gasteiger partial charge in [-0.15, -0.1) is 0 Å². The number of para-hydroxylation sites is 3. The smallest absolute Gasteiger partial charge is 0.0652 e. The highest BCUT2D eigenvalue weighted by Gasteiger charge is 2.20. The third kappa shape index (κ3) is 3.09. The van der Waals surface area contributed by atoms with Gasteiger partial charge in [0.05, 0.1) is 56.3 Å². The third-order valence-electron chi connectivity index (χ3n) is 7.69. The second-order valence-electron chi connectivity index (χ2n) is 9.84. The summed E-state index contributed by atoms with van der Waals surface area (Å²) in [4.78, 5) is 0. The van der Waals surface area contributed by atoms with Gasteiger partial charge in [-0.2, -0.15) is 0 Å². The Morgan fingerprint density at radius 2 is 0.773 bits per heavy atom. The molecule has 0 radical (unpaired) electrons.